The third-order valence-corrected chi connectivity index (χ3v) is 6.42. The van der Waals surface area contributed by atoms with Crippen molar-refractivity contribution in [3.63, 3.8) is 0 Å². The van der Waals surface area contributed by atoms with E-state index in [1.807, 2.05) is 0 Å². The largest absolute Gasteiger partial charge is 0.479 e. The van der Waals surface area contributed by atoms with Crippen LogP contribution in [-0.2, 0) is 23.1 Å². The van der Waals surface area contributed by atoms with Crippen molar-refractivity contribution in [2.24, 2.45) is 7.05 Å². The summed E-state index contributed by atoms with van der Waals surface area (Å²) in [5.74, 6) is 0.493. The minimum Gasteiger partial charge on any atom is -0.479 e. The molecule has 0 bridgehead atoms. The van der Waals surface area contributed by atoms with E-state index in [9.17, 15) is 20.0 Å². The van der Waals surface area contributed by atoms with Crippen molar-refractivity contribution >= 4 is 17.2 Å². The van der Waals surface area contributed by atoms with Crippen LogP contribution in [0.15, 0.2) is 42.5 Å². The number of non-ortho nitro benzene ring substituents is 1. The second-order valence-corrected chi connectivity index (χ2v) is 8.89. The number of aryl methyl sites for hydroxylation is 1. The highest BCUT2D eigenvalue weighted by Gasteiger charge is 2.54. The topological polar surface area (TPSA) is 155 Å². The Morgan fingerprint density at radius 1 is 1.30 bits per heavy atom. The van der Waals surface area contributed by atoms with Crippen LogP contribution in [-0.4, -0.2) is 68.2 Å². The van der Waals surface area contributed by atoms with Crippen LogP contribution in [0.2, 0.25) is 0 Å². The molecule has 13 nitrogen and oxygen atoms in total. The predicted octanol–water partition coefficient (Wildman–Crippen LogP) is 2.20. The van der Waals surface area contributed by atoms with Crippen molar-refractivity contribution in [2.75, 3.05) is 19.1 Å². The number of benzene rings is 2. The van der Waals surface area contributed by atoms with E-state index in [1.54, 1.807) is 43.1 Å². The molecule has 1 aliphatic rings. The van der Waals surface area contributed by atoms with Crippen molar-refractivity contribution in [1.82, 2.24) is 20.2 Å². The molecule has 1 aromatic heterocycles. The molecule has 0 saturated heterocycles. The van der Waals surface area contributed by atoms with Crippen molar-refractivity contribution in [1.29, 1.82) is 0 Å². The predicted molar refractivity (Wildman–Crippen MR) is 130 cm³/mol. The van der Waals surface area contributed by atoms with E-state index in [0.717, 1.165) is 0 Å². The van der Waals surface area contributed by atoms with E-state index in [2.05, 4.69) is 15.4 Å². The Morgan fingerprint density at radius 2 is 2.03 bits per heavy atom. The number of carbonyl (C=O) groups is 1. The van der Waals surface area contributed by atoms with Crippen molar-refractivity contribution in [2.45, 2.75) is 44.4 Å². The number of nitrogens with zero attached hydrogens (tertiary/aromatic N) is 6. The first-order valence-corrected chi connectivity index (χ1v) is 11.4. The molecular weight excluding hydrogens is 484 g/mol. The maximum atomic E-state index is 12.2. The highest BCUT2D eigenvalue weighted by molar-refractivity contribution is 5.95. The Labute approximate surface area is 212 Å². The van der Waals surface area contributed by atoms with Gasteiger partial charge in [-0.25, -0.2) is 0 Å². The van der Waals surface area contributed by atoms with Gasteiger partial charge in [-0.2, -0.15) is 4.80 Å². The molecular formula is C24H28N6O7. The molecule has 196 valence electrons. The Hall–Kier alpha value is -3.94. The van der Waals surface area contributed by atoms with Crippen LogP contribution < -0.4 is 9.64 Å². The standard InChI is InChI=1S/C24H28N6O7/c1-14(31)15-7-6-8-16(11-15)29(13-20-25-27-28(3)26-20)21-18-12-17(30(33)34)9-10-19(18)37-24(2,22(21)32)23(35-4)36-5/h6-12,21-23,32H,13H2,1-5H3/t21-,22+,24-/m0/s1. The smallest absolute Gasteiger partial charge is 0.270 e. The number of nitro groups is 1. The quantitative estimate of drug-likeness (QED) is 0.194. The van der Waals surface area contributed by atoms with Gasteiger partial charge in [-0.05, 0) is 37.3 Å². The first kappa shape index (κ1) is 26.1. The molecule has 1 N–H and O–H groups in total. The zero-order valence-corrected chi connectivity index (χ0v) is 21.1. The fourth-order valence-corrected chi connectivity index (χ4v) is 4.64. The summed E-state index contributed by atoms with van der Waals surface area (Å²) in [5.41, 5.74) is -0.235. The summed E-state index contributed by atoms with van der Waals surface area (Å²) in [6.07, 6.45) is -2.32. The lowest BCUT2D eigenvalue weighted by Crippen LogP contribution is -2.62. The molecule has 3 atom stereocenters. The van der Waals surface area contributed by atoms with Gasteiger partial charge in [0.05, 0.1) is 24.6 Å². The van der Waals surface area contributed by atoms with Crippen molar-refractivity contribution in [3.05, 3.63) is 69.5 Å². The third kappa shape index (κ3) is 4.88. The number of aliphatic hydroxyl groups excluding tert-OH is 1. The molecule has 0 amide bonds. The van der Waals surface area contributed by atoms with Crippen LogP contribution in [0, 0.1) is 10.1 Å². The average molecular weight is 513 g/mol. The number of nitro benzene ring substituents is 1. The van der Waals surface area contributed by atoms with Crippen LogP contribution >= 0.6 is 0 Å². The lowest BCUT2D eigenvalue weighted by atomic mass is 9.83. The van der Waals surface area contributed by atoms with Crippen LogP contribution in [0.1, 0.15) is 41.6 Å². The first-order valence-electron chi connectivity index (χ1n) is 11.4. The van der Waals surface area contributed by atoms with E-state index in [-0.39, 0.29) is 18.0 Å². The number of ether oxygens (including phenoxy) is 3. The summed E-state index contributed by atoms with van der Waals surface area (Å²) in [6, 6.07) is 10.1. The number of fused-ring (bicyclic) bond motifs is 1. The Bertz CT molecular complexity index is 1310. The van der Waals surface area contributed by atoms with Crippen LogP contribution in [0.25, 0.3) is 0 Å². The first-order chi connectivity index (χ1) is 17.6. The Kier molecular flexibility index (Phi) is 7.21. The minimum atomic E-state index is -1.43. The number of hydrogen-bond acceptors (Lipinski definition) is 11. The number of Topliss-reactive ketones (excluding diaryl/α,β-unsaturated/α-hetero) is 1. The molecule has 0 unspecified atom stereocenters. The summed E-state index contributed by atoms with van der Waals surface area (Å²) < 4.78 is 17.1. The molecule has 1 aliphatic heterocycles. The van der Waals surface area contributed by atoms with E-state index in [1.165, 1.54) is 44.1 Å². The van der Waals surface area contributed by atoms with Gasteiger partial charge in [0.2, 0.25) is 0 Å². The van der Waals surface area contributed by atoms with Gasteiger partial charge in [0.25, 0.3) is 5.69 Å². The van der Waals surface area contributed by atoms with Crippen LogP contribution in [0.4, 0.5) is 11.4 Å². The van der Waals surface area contributed by atoms with Crippen molar-refractivity contribution < 1.29 is 29.0 Å². The third-order valence-electron chi connectivity index (χ3n) is 6.42. The lowest BCUT2D eigenvalue weighted by Gasteiger charge is -2.49. The number of carbonyl (C=O) groups excluding carboxylic acids is 1. The minimum absolute atomic E-state index is 0.0553. The monoisotopic (exact) mass is 512 g/mol. The van der Waals surface area contributed by atoms with Gasteiger partial charge in [0.1, 0.15) is 11.9 Å². The maximum Gasteiger partial charge on any atom is 0.270 e. The zero-order chi connectivity index (χ0) is 26.9. The second-order valence-electron chi connectivity index (χ2n) is 8.89. The fraction of sp³-hybridized carbons (Fsp3) is 0.417. The molecule has 3 aromatic rings. The molecule has 0 saturated carbocycles. The highest BCUT2D eigenvalue weighted by atomic mass is 16.7. The molecule has 13 heteroatoms. The molecule has 2 heterocycles. The van der Waals surface area contributed by atoms with Gasteiger partial charge in [0.15, 0.2) is 23.5 Å². The van der Waals surface area contributed by atoms with Gasteiger partial charge < -0.3 is 24.2 Å². The molecule has 2 aromatic carbocycles. The molecule has 0 spiro atoms. The molecule has 0 aliphatic carbocycles. The average Bonchev–Trinajstić information content (AvgIpc) is 3.29. The molecule has 0 radical (unpaired) electrons. The second kappa shape index (κ2) is 10.2. The summed E-state index contributed by atoms with van der Waals surface area (Å²) in [7, 11) is 4.47. The van der Waals surface area contributed by atoms with E-state index < -0.39 is 29.0 Å². The summed E-state index contributed by atoms with van der Waals surface area (Å²) >= 11 is 0. The van der Waals surface area contributed by atoms with E-state index in [0.29, 0.717) is 28.4 Å². The number of aliphatic hydroxyl groups is 1. The number of hydrogen-bond donors (Lipinski definition) is 1. The van der Waals surface area contributed by atoms with Crippen molar-refractivity contribution in [3.8, 4) is 5.75 Å². The van der Waals surface area contributed by atoms with Gasteiger partial charge in [0, 0.05) is 43.2 Å². The SMILES string of the molecule is COC(OC)[C@@]1(C)Oc2ccc([N+](=O)[O-])cc2[C@H](N(Cc2nnn(C)n2)c2cccc(C(C)=O)c2)[C@H]1O. The zero-order valence-electron chi connectivity index (χ0n) is 21.1. The van der Waals surface area contributed by atoms with Gasteiger partial charge >= 0.3 is 0 Å². The number of tetrazole rings is 1. The normalized spacial score (nSPS) is 20.8. The number of methoxy groups -OCH3 is 2. The lowest BCUT2D eigenvalue weighted by molar-refractivity contribution is -0.385. The van der Waals surface area contributed by atoms with Gasteiger partial charge in [-0.3, -0.25) is 14.9 Å². The van der Waals surface area contributed by atoms with E-state index >= 15 is 0 Å². The Balaban J connectivity index is 1.95. The number of aromatic nitrogens is 4. The Morgan fingerprint density at radius 3 is 2.62 bits per heavy atom. The van der Waals surface area contributed by atoms with Crippen LogP contribution in [0.5, 0.6) is 5.75 Å². The fourth-order valence-electron chi connectivity index (χ4n) is 4.64. The number of ketones is 1. The van der Waals surface area contributed by atoms with E-state index in [4.69, 9.17) is 14.2 Å². The summed E-state index contributed by atoms with van der Waals surface area (Å²) in [5, 5.41) is 35.8. The summed E-state index contributed by atoms with van der Waals surface area (Å²) in [6.45, 7) is 3.14. The molecule has 37 heavy (non-hydrogen) atoms. The van der Waals surface area contributed by atoms with Crippen LogP contribution in [0.3, 0.4) is 0 Å². The maximum absolute atomic E-state index is 12.2. The number of anilines is 1. The summed E-state index contributed by atoms with van der Waals surface area (Å²) in [4.78, 5) is 26.4. The highest BCUT2D eigenvalue weighted by Crippen LogP contribution is 2.47. The number of rotatable bonds is 9. The molecule has 0 fully saturated rings. The van der Waals surface area contributed by atoms with Gasteiger partial charge in [-0.1, -0.05) is 12.1 Å². The molecule has 4 rings (SSSR count). The van der Waals surface area contributed by atoms with Gasteiger partial charge in [-0.15, -0.1) is 10.2 Å².